The van der Waals surface area contributed by atoms with Gasteiger partial charge in [0, 0.05) is 10.9 Å². The summed E-state index contributed by atoms with van der Waals surface area (Å²) in [5, 5.41) is 1.11. The summed E-state index contributed by atoms with van der Waals surface area (Å²) in [6, 6.07) is 10.0. The standard InChI is InChI=1S/C15H23N3O/c1-5-15(2,18(3)4)14(17-16)13-10-11-8-6-7-9-12(11)19-13/h6-10,14,17H,5,16H2,1-4H3. The molecule has 3 N–H and O–H groups in total. The number of hydrogen-bond acceptors (Lipinski definition) is 4. The summed E-state index contributed by atoms with van der Waals surface area (Å²) in [6.45, 7) is 4.34. The minimum Gasteiger partial charge on any atom is -0.459 e. The molecule has 0 saturated heterocycles. The van der Waals surface area contributed by atoms with E-state index in [1.807, 2.05) is 18.2 Å². The van der Waals surface area contributed by atoms with E-state index in [2.05, 4.69) is 50.4 Å². The number of nitrogens with one attached hydrogen (secondary N) is 1. The Balaban J connectivity index is 2.46. The van der Waals surface area contributed by atoms with Crippen LogP contribution in [0, 0.1) is 0 Å². The molecule has 0 spiro atoms. The third-order valence-corrected chi connectivity index (χ3v) is 4.26. The van der Waals surface area contributed by atoms with E-state index in [-0.39, 0.29) is 11.6 Å². The first-order valence-corrected chi connectivity index (χ1v) is 6.65. The van der Waals surface area contributed by atoms with Crippen molar-refractivity contribution in [1.29, 1.82) is 0 Å². The van der Waals surface area contributed by atoms with Crippen molar-refractivity contribution in [3.05, 3.63) is 36.1 Å². The second-order valence-corrected chi connectivity index (χ2v) is 5.39. The average Bonchev–Trinajstić information content (AvgIpc) is 2.82. The van der Waals surface area contributed by atoms with Gasteiger partial charge < -0.3 is 9.32 Å². The Labute approximate surface area is 114 Å². The highest BCUT2D eigenvalue weighted by Gasteiger charge is 2.37. The summed E-state index contributed by atoms with van der Waals surface area (Å²) in [4.78, 5) is 2.19. The van der Waals surface area contributed by atoms with Gasteiger partial charge in [-0.05, 0) is 39.6 Å². The van der Waals surface area contributed by atoms with Crippen LogP contribution in [-0.4, -0.2) is 24.5 Å². The van der Waals surface area contributed by atoms with Crippen LogP contribution in [0.5, 0.6) is 0 Å². The van der Waals surface area contributed by atoms with Crippen LogP contribution in [0.3, 0.4) is 0 Å². The molecule has 1 aromatic heterocycles. The van der Waals surface area contributed by atoms with Crippen LogP contribution in [-0.2, 0) is 0 Å². The third kappa shape index (κ3) is 2.39. The number of fused-ring (bicyclic) bond motifs is 1. The second-order valence-electron chi connectivity index (χ2n) is 5.39. The van der Waals surface area contributed by atoms with Crippen LogP contribution in [0.25, 0.3) is 11.0 Å². The number of benzene rings is 1. The van der Waals surface area contributed by atoms with E-state index in [0.29, 0.717) is 0 Å². The Morgan fingerprint density at radius 3 is 2.58 bits per heavy atom. The quantitative estimate of drug-likeness (QED) is 0.642. The second kappa shape index (κ2) is 5.33. The van der Waals surface area contributed by atoms with Crippen LogP contribution in [0.4, 0.5) is 0 Å². The fraction of sp³-hybridized carbons (Fsp3) is 0.467. The first kappa shape index (κ1) is 14.1. The van der Waals surface area contributed by atoms with Crippen molar-refractivity contribution in [3.63, 3.8) is 0 Å². The highest BCUT2D eigenvalue weighted by Crippen LogP contribution is 2.34. The van der Waals surface area contributed by atoms with Crippen LogP contribution >= 0.6 is 0 Å². The van der Waals surface area contributed by atoms with E-state index in [4.69, 9.17) is 10.3 Å². The van der Waals surface area contributed by atoms with Gasteiger partial charge in [-0.25, -0.2) is 5.43 Å². The molecule has 0 saturated carbocycles. The normalized spacial score (nSPS) is 16.7. The molecule has 0 fully saturated rings. The summed E-state index contributed by atoms with van der Waals surface area (Å²) in [7, 11) is 4.13. The van der Waals surface area contributed by atoms with Gasteiger partial charge >= 0.3 is 0 Å². The maximum absolute atomic E-state index is 5.95. The summed E-state index contributed by atoms with van der Waals surface area (Å²) in [5.74, 6) is 6.67. The smallest absolute Gasteiger partial charge is 0.134 e. The maximum atomic E-state index is 5.95. The van der Waals surface area contributed by atoms with Crippen molar-refractivity contribution in [2.75, 3.05) is 14.1 Å². The first-order valence-electron chi connectivity index (χ1n) is 6.65. The van der Waals surface area contributed by atoms with Gasteiger partial charge in [-0.3, -0.25) is 5.84 Å². The average molecular weight is 261 g/mol. The van der Waals surface area contributed by atoms with Gasteiger partial charge in [0.15, 0.2) is 0 Å². The van der Waals surface area contributed by atoms with Gasteiger partial charge in [0.05, 0.1) is 6.04 Å². The molecule has 2 rings (SSSR count). The van der Waals surface area contributed by atoms with Crippen LogP contribution in [0.2, 0.25) is 0 Å². The largest absolute Gasteiger partial charge is 0.459 e. The molecule has 4 heteroatoms. The fourth-order valence-electron chi connectivity index (χ4n) is 2.49. The van der Waals surface area contributed by atoms with Crippen molar-refractivity contribution in [1.82, 2.24) is 10.3 Å². The molecule has 0 bridgehead atoms. The van der Waals surface area contributed by atoms with Crippen LogP contribution in [0.1, 0.15) is 32.1 Å². The number of likely N-dealkylation sites (N-methyl/N-ethyl adjacent to an activating group) is 1. The van der Waals surface area contributed by atoms with E-state index in [1.54, 1.807) is 0 Å². The zero-order chi connectivity index (χ0) is 14.0. The van der Waals surface area contributed by atoms with Gasteiger partial charge in [-0.2, -0.15) is 0 Å². The Morgan fingerprint density at radius 2 is 2.05 bits per heavy atom. The molecule has 2 aromatic rings. The van der Waals surface area contributed by atoms with Crippen molar-refractivity contribution < 1.29 is 4.42 Å². The van der Waals surface area contributed by atoms with Crippen molar-refractivity contribution in [2.45, 2.75) is 31.8 Å². The summed E-state index contributed by atoms with van der Waals surface area (Å²) in [5.41, 5.74) is 3.71. The molecule has 0 amide bonds. The minimum atomic E-state index is -0.109. The lowest BCUT2D eigenvalue weighted by molar-refractivity contribution is 0.102. The number of hydrogen-bond donors (Lipinski definition) is 2. The van der Waals surface area contributed by atoms with Gasteiger partial charge in [0.1, 0.15) is 11.3 Å². The van der Waals surface area contributed by atoms with Gasteiger partial charge in [0.2, 0.25) is 0 Å². The topological polar surface area (TPSA) is 54.4 Å². The molecule has 0 aliphatic heterocycles. The van der Waals surface area contributed by atoms with E-state index < -0.39 is 0 Å². The van der Waals surface area contributed by atoms with Gasteiger partial charge in [-0.15, -0.1) is 0 Å². The van der Waals surface area contributed by atoms with Crippen LogP contribution in [0.15, 0.2) is 34.7 Å². The first-order chi connectivity index (χ1) is 9.02. The SMILES string of the molecule is CCC(C)(C(NN)c1cc2ccccc2o1)N(C)C. The molecule has 2 unspecified atom stereocenters. The molecule has 1 heterocycles. The van der Waals surface area contributed by atoms with E-state index >= 15 is 0 Å². The number of para-hydroxylation sites is 1. The Morgan fingerprint density at radius 1 is 1.37 bits per heavy atom. The lowest BCUT2D eigenvalue weighted by atomic mass is 9.86. The Kier molecular flexibility index (Phi) is 3.94. The highest BCUT2D eigenvalue weighted by molar-refractivity contribution is 5.77. The minimum absolute atomic E-state index is 0.0556. The molecule has 4 nitrogen and oxygen atoms in total. The van der Waals surface area contributed by atoms with E-state index in [0.717, 1.165) is 23.2 Å². The van der Waals surface area contributed by atoms with Crippen LogP contribution < -0.4 is 11.3 Å². The molecule has 19 heavy (non-hydrogen) atoms. The predicted molar refractivity (Wildman–Crippen MR) is 78.7 cm³/mol. The number of rotatable bonds is 5. The zero-order valence-corrected chi connectivity index (χ0v) is 12.1. The number of furan rings is 1. The van der Waals surface area contributed by atoms with Gasteiger partial charge in [0.25, 0.3) is 0 Å². The fourth-order valence-corrected chi connectivity index (χ4v) is 2.49. The van der Waals surface area contributed by atoms with Crippen molar-refractivity contribution in [2.24, 2.45) is 5.84 Å². The predicted octanol–water partition coefficient (Wildman–Crippen LogP) is 2.67. The monoisotopic (exact) mass is 261 g/mol. The third-order valence-electron chi connectivity index (χ3n) is 4.26. The number of nitrogens with two attached hydrogens (primary N) is 1. The molecule has 1 aromatic carbocycles. The summed E-state index contributed by atoms with van der Waals surface area (Å²) >= 11 is 0. The Hall–Kier alpha value is -1.36. The summed E-state index contributed by atoms with van der Waals surface area (Å²) < 4.78 is 5.95. The molecule has 104 valence electrons. The zero-order valence-electron chi connectivity index (χ0n) is 12.1. The Bertz CT molecular complexity index is 516. The molecule has 0 aliphatic rings. The lowest BCUT2D eigenvalue weighted by Crippen LogP contribution is -2.52. The number of hydrazine groups is 1. The molecule has 0 radical (unpaired) electrons. The van der Waals surface area contributed by atoms with Gasteiger partial charge in [-0.1, -0.05) is 25.1 Å². The lowest BCUT2D eigenvalue weighted by Gasteiger charge is -2.41. The molecular formula is C15H23N3O. The maximum Gasteiger partial charge on any atom is 0.134 e. The number of nitrogens with zero attached hydrogens (tertiary/aromatic N) is 1. The van der Waals surface area contributed by atoms with E-state index in [1.165, 1.54) is 0 Å². The molecular weight excluding hydrogens is 238 g/mol. The molecule has 2 atom stereocenters. The summed E-state index contributed by atoms with van der Waals surface area (Å²) in [6.07, 6.45) is 0.964. The van der Waals surface area contributed by atoms with Crippen molar-refractivity contribution in [3.8, 4) is 0 Å². The highest BCUT2D eigenvalue weighted by atomic mass is 16.3. The van der Waals surface area contributed by atoms with E-state index in [9.17, 15) is 0 Å². The van der Waals surface area contributed by atoms with Crippen molar-refractivity contribution >= 4 is 11.0 Å². The molecule has 0 aliphatic carbocycles.